The van der Waals surface area contributed by atoms with Gasteiger partial charge in [-0.3, -0.25) is 4.79 Å². The van der Waals surface area contributed by atoms with Crippen LogP contribution in [0.25, 0.3) is 0 Å². The van der Waals surface area contributed by atoms with Gasteiger partial charge in [-0.25, -0.2) is 9.97 Å². The van der Waals surface area contributed by atoms with Crippen molar-refractivity contribution in [3.05, 3.63) is 45.3 Å². The molecule has 1 aromatic heterocycles. The van der Waals surface area contributed by atoms with E-state index < -0.39 is 0 Å². The van der Waals surface area contributed by atoms with Gasteiger partial charge in [-0.1, -0.05) is 0 Å². The van der Waals surface area contributed by atoms with E-state index in [1.54, 1.807) is 0 Å². The van der Waals surface area contributed by atoms with Crippen LogP contribution in [-0.2, 0) is 0 Å². The Morgan fingerprint density at radius 2 is 1.72 bits per heavy atom. The first-order valence-electron chi connectivity index (χ1n) is 8.27. The molecule has 0 radical (unpaired) electrons. The van der Waals surface area contributed by atoms with Crippen LogP contribution in [0.4, 0.5) is 11.6 Å². The number of piperazine rings is 1. The maximum absolute atomic E-state index is 12.6. The molecule has 7 heteroatoms. The third-order valence-electron chi connectivity index (χ3n) is 4.25. The van der Waals surface area contributed by atoms with Crippen molar-refractivity contribution in [2.24, 2.45) is 0 Å². The predicted molar refractivity (Wildman–Crippen MR) is 108 cm³/mol. The van der Waals surface area contributed by atoms with Crippen LogP contribution in [0.15, 0.2) is 30.3 Å². The smallest absolute Gasteiger partial charge is 0.253 e. The van der Waals surface area contributed by atoms with Crippen molar-refractivity contribution in [2.75, 3.05) is 50.1 Å². The molecule has 25 heavy (non-hydrogen) atoms. The molecule has 0 bridgehead atoms. The standard InChI is InChI=1S/C18H22IN5O/c1-13-20-16(22(2)3)12-17(21-13)23-8-10-24(11-9-23)18(25)14-4-6-15(19)7-5-14/h4-7,12H,8-11H2,1-3H3. The van der Waals surface area contributed by atoms with Gasteiger partial charge >= 0.3 is 0 Å². The summed E-state index contributed by atoms with van der Waals surface area (Å²) in [5.74, 6) is 2.69. The minimum Gasteiger partial charge on any atom is -0.363 e. The molecular formula is C18H22IN5O. The number of nitrogens with zero attached hydrogens (tertiary/aromatic N) is 5. The van der Waals surface area contributed by atoms with Crippen molar-refractivity contribution in [2.45, 2.75) is 6.92 Å². The highest BCUT2D eigenvalue weighted by atomic mass is 127. The maximum atomic E-state index is 12.6. The summed E-state index contributed by atoms with van der Waals surface area (Å²) in [4.78, 5) is 27.7. The van der Waals surface area contributed by atoms with Gasteiger partial charge in [0.15, 0.2) is 0 Å². The summed E-state index contributed by atoms with van der Waals surface area (Å²) in [5.41, 5.74) is 0.752. The van der Waals surface area contributed by atoms with Crippen LogP contribution >= 0.6 is 22.6 Å². The summed E-state index contributed by atoms with van der Waals surface area (Å²) >= 11 is 2.25. The number of halogens is 1. The van der Waals surface area contributed by atoms with Crippen molar-refractivity contribution in [1.29, 1.82) is 0 Å². The van der Waals surface area contributed by atoms with E-state index in [0.29, 0.717) is 13.1 Å². The molecule has 3 rings (SSSR count). The van der Waals surface area contributed by atoms with E-state index in [-0.39, 0.29) is 5.91 Å². The lowest BCUT2D eigenvalue weighted by Gasteiger charge is -2.35. The highest BCUT2D eigenvalue weighted by Crippen LogP contribution is 2.20. The lowest BCUT2D eigenvalue weighted by Crippen LogP contribution is -2.49. The van der Waals surface area contributed by atoms with Crippen LogP contribution in [0, 0.1) is 10.5 Å². The zero-order valence-electron chi connectivity index (χ0n) is 14.7. The normalized spacial score (nSPS) is 14.6. The molecule has 1 saturated heterocycles. The fourth-order valence-corrected chi connectivity index (χ4v) is 3.20. The van der Waals surface area contributed by atoms with Crippen molar-refractivity contribution in [3.63, 3.8) is 0 Å². The van der Waals surface area contributed by atoms with E-state index in [2.05, 4.69) is 37.5 Å². The number of anilines is 2. The zero-order valence-corrected chi connectivity index (χ0v) is 16.9. The molecule has 2 aromatic rings. The third-order valence-corrected chi connectivity index (χ3v) is 4.97. The number of carbonyl (C=O) groups is 1. The number of carbonyl (C=O) groups excluding carboxylic acids is 1. The molecule has 1 amide bonds. The lowest BCUT2D eigenvalue weighted by atomic mass is 10.2. The average molecular weight is 451 g/mol. The van der Waals surface area contributed by atoms with E-state index >= 15 is 0 Å². The number of aryl methyl sites for hydroxylation is 1. The van der Waals surface area contributed by atoms with Crippen molar-refractivity contribution < 1.29 is 4.79 Å². The summed E-state index contributed by atoms with van der Waals surface area (Å²) in [7, 11) is 3.95. The second-order valence-corrected chi connectivity index (χ2v) is 7.56. The number of rotatable bonds is 3. The molecular weight excluding hydrogens is 429 g/mol. The molecule has 1 aromatic carbocycles. The van der Waals surface area contributed by atoms with E-state index in [0.717, 1.165) is 39.7 Å². The molecule has 0 N–H and O–H groups in total. The summed E-state index contributed by atoms with van der Waals surface area (Å²) in [6.45, 7) is 4.86. The van der Waals surface area contributed by atoms with Gasteiger partial charge < -0.3 is 14.7 Å². The van der Waals surface area contributed by atoms with Gasteiger partial charge in [0, 0.05) is 55.5 Å². The molecule has 0 aliphatic carbocycles. The Morgan fingerprint density at radius 3 is 2.32 bits per heavy atom. The van der Waals surface area contributed by atoms with Gasteiger partial charge in [0.05, 0.1) is 0 Å². The van der Waals surface area contributed by atoms with Gasteiger partial charge in [0.25, 0.3) is 5.91 Å². The Balaban J connectivity index is 1.67. The fourth-order valence-electron chi connectivity index (χ4n) is 2.84. The van der Waals surface area contributed by atoms with Crippen LogP contribution in [0.2, 0.25) is 0 Å². The van der Waals surface area contributed by atoms with Gasteiger partial charge in [0.1, 0.15) is 17.5 Å². The van der Waals surface area contributed by atoms with Gasteiger partial charge in [-0.15, -0.1) is 0 Å². The number of hydrogen-bond donors (Lipinski definition) is 0. The monoisotopic (exact) mass is 451 g/mol. The Morgan fingerprint density at radius 1 is 1.08 bits per heavy atom. The molecule has 0 spiro atoms. The minimum atomic E-state index is 0.101. The zero-order chi connectivity index (χ0) is 18.0. The van der Waals surface area contributed by atoms with Gasteiger partial charge in [0.2, 0.25) is 0 Å². The minimum absolute atomic E-state index is 0.101. The van der Waals surface area contributed by atoms with Gasteiger partial charge in [-0.2, -0.15) is 0 Å². The third kappa shape index (κ3) is 4.20. The van der Waals surface area contributed by atoms with Crippen molar-refractivity contribution >= 4 is 40.1 Å². The van der Waals surface area contributed by atoms with Gasteiger partial charge in [-0.05, 0) is 53.8 Å². The Kier molecular flexibility index (Phi) is 5.41. The number of aromatic nitrogens is 2. The number of amides is 1. The quantitative estimate of drug-likeness (QED) is 0.672. The fraction of sp³-hybridized carbons (Fsp3) is 0.389. The Hall–Kier alpha value is -1.90. The van der Waals surface area contributed by atoms with E-state index in [1.165, 1.54) is 0 Å². The predicted octanol–water partition coefficient (Wildman–Crippen LogP) is 2.42. The number of hydrogen-bond acceptors (Lipinski definition) is 5. The van der Waals surface area contributed by atoms with Crippen LogP contribution in [0.5, 0.6) is 0 Å². The summed E-state index contributed by atoms with van der Waals surface area (Å²) in [6, 6.07) is 9.73. The summed E-state index contributed by atoms with van der Waals surface area (Å²) in [6.07, 6.45) is 0. The molecule has 0 unspecified atom stereocenters. The van der Waals surface area contributed by atoms with Crippen LogP contribution < -0.4 is 9.80 Å². The first-order chi connectivity index (χ1) is 11.9. The molecule has 0 atom stereocenters. The lowest BCUT2D eigenvalue weighted by molar-refractivity contribution is 0.0746. The molecule has 1 fully saturated rings. The highest BCUT2D eigenvalue weighted by Gasteiger charge is 2.23. The SMILES string of the molecule is Cc1nc(N(C)C)cc(N2CCN(C(=O)c3ccc(I)cc3)CC2)n1. The Bertz CT molecular complexity index is 755. The molecule has 0 saturated carbocycles. The summed E-state index contributed by atoms with van der Waals surface area (Å²) in [5, 5.41) is 0. The highest BCUT2D eigenvalue weighted by molar-refractivity contribution is 14.1. The van der Waals surface area contributed by atoms with E-state index in [1.807, 2.05) is 61.2 Å². The second-order valence-electron chi connectivity index (χ2n) is 6.31. The van der Waals surface area contributed by atoms with Crippen LogP contribution in [-0.4, -0.2) is 61.0 Å². The Labute approximate surface area is 162 Å². The van der Waals surface area contributed by atoms with E-state index in [4.69, 9.17) is 0 Å². The van der Waals surface area contributed by atoms with Crippen molar-refractivity contribution in [3.8, 4) is 0 Å². The van der Waals surface area contributed by atoms with Crippen LogP contribution in [0.1, 0.15) is 16.2 Å². The topological polar surface area (TPSA) is 52.6 Å². The molecule has 1 aliphatic rings. The molecule has 1 aliphatic heterocycles. The first kappa shape index (κ1) is 17.9. The van der Waals surface area contributed by atoms with Crippen LogP contribution in [0.3, 0.4) is 0 Å². The second kappa shape index (κ2) is 7.55. The largest absolute Gasteiger partial charge is 0.363 e. The molecule has 6 nitrogen and oxygen atoms in total. The number of benzene rings is 1. The first-order valence-corrected chi connectivity index (χ1v) is 9.35. The van der Waals surface area contributed by atoms with E-state index in [9.17, 15) is 4.79 Å². The maximum Gasteiger partial charge on any atom is 0.253 e. The average Bonchev–Trinajstić information content (AvgIpc) is 2.61. The summed E-state index contributed by atoms with van der Waals surface area (Å²) < 4.78 is 1.13. The van der Waals surface area contributed by atoms with Crippen molar-refractivity contribution in [1.82, 2.24) is 14.9 Å². The molecule has 2 heterocycles. The molecule has 132 valence electrons.